The van der Waals surface area contributed by atoms with Crippen LogP contribution in [0.15, 0.2) is 45.0 Å². The lowest BCUT2D eigenvalue weighted by atomic mass is 10.1. The smallest absolute Gasteiger partial charge is 0.0348 e. The lowest BCUT2D eigenvalue weighted by Crippen LogP contribution is -1.85. The molecule has 0 fully saturated rings. The molecule has 2 rings (SSSR count). The molecule has 0 atom stereocenters. The fourth-order valence-electron chi connectivity index (χ4n) is 1.82. The van der Waals surface area contributed by atoms with Crippen LogP contribution in [0.5, 0.6) is 0 Å². The van der Waals surface area contributed by atoms with Crippen LogP contribution in [0.25, 0.3) is 10.8 Å². The van der Waals surface area contributed by atoms with Gasteiger partial charge in [-0.3, -0.25) is 0 Å². The molecule has 0 aromatic heterocycles. The van der Waals surface area contributed by atoms with E-state index in [0.29, 0.717) is 0 Å². The Bertz CT molecular complexity index is 506. The van der Waals surface area contributed by atoms with Crippen molar-refractivity contribution in [2.45, 2.75) is 14.7 Å². The summed E-state index contributed by atoms with van der Waals surface area (Å²) in [6.45, 7) is 0. The van der Waals surface area contributed by atoms with E-state index in [9.17, 15) is 0 Å². The molecule has 0 bridgehead atoms. The van der Waals surface area contributed by atoms with Crippen LogP contribution in [0.1, 0.15) is 0 Å². The summed E-state index contributed by atoms with van der Waals surface area (Å²) in [4.78, 5) is 4.21. The zero-order chi connectivity index (χ0) is 11.5. The van der Waals surface area contributed by atoms with E-state index in [1.54, 1.807) is 0 Å². The first-order valence-electron chi connectivity index (χ1n) is 4.99. The molecule has 84 valence electrons. The molecule has 2 aromatic carbocycles. The third kappa shape index (κ3) is 2.08. The lowest BCUT2D eigenvalue weighted by molar-refractivity contribution is 1.16. The van der Waals surface area contributed by atoms with Crippen LogP contribution >= 0.6 is 35.3 Å². The van der Waals surface area contributed by atoms with Crippen molar-refractivity contribution in [1.82, 2.24) is 0 Å². The van der Waals surface area contributed by atoms with Crippen LogP contribution in [0, 0.1) is 0 Å². The first-order chi connectivity index (χ1) is 7.81. The van der Waals surface area contributed by atoms with Gasteiger partial charge in [-0.05, 0) is 35.6 Å². The number of thioether (sulfide) groups is 3. The van der Waals surface area contributed by atoms with Gasteiger partial charge in [0, 0.05) is 14.7 Å². The molecular weight excluding hydrogens is 252 g/mol. The summed E-state index contributed by atoms with van der Waals surface area (Å²) in [6, 6.07) is 10.9. The van der Waals surface area contributed by atoms with Crippen molar-refractivity contribution in [3.05, 3.63) is 30.3 Å². The van der Waals surface area contributed by atoms with E-state index in [1.165, 1.54) is 25.5 Å². The van der Waals surface area contributed by atoms with E-state index >= 15 is 0 Å². The van der Waals surface area contributed by atoms with Gasteiger partial charge >= 0.3 is 0 Å². The standard InChI is InChI=1S/C13H14S3/c1-14-11-8-9-6-4-5-7-10(9)12(15-2)13(11)16-3/h4-8H,1-3H3. The van der Waals surface area contributed by atoms with E-state index in [1.807, 2.05) is 35.3 Å². The Hall–Kier alpha value is -0.250. The highest BCUT2D eigenvalue weighted by atomic mass is 32.2. The zero-order valence-corrected chi connectivity index (χ0v) is 12.1. The van der Waals surface area contributed by atoms with Crippen molar-refractivity contribution in [1.29, 1.82) is 0 Å². The highest BCUT2D eigenvalue weighted by Crippen LogP contribution is 2.41. The average molecular weight is 266 g/mol. The van der Waals surface area contributed by atoms with Crippen LogP contribution in [-0.2, 0) is 0 Å². The van der Waals surface area contributed by atoms with Crippen molar-refractivity contribution in [2.24, 2.45) is 0 Å². The van der Waals surface area contributed by atoms with Gasteiger partial charge in [-0.25, -0.2) is 0 Å². The largest absolute Gasteiger partial charge is 0.128 e. The molecule has 0 saturated carbocycles. The summed E-state index contributed by atoms with van der Waals surface area (Å²) >= 11 is 5.52. The van der Waals surface area contributed by atoms with Gasteiger partial charge in [0.2, 0.25) is 0 Å². The normalized spacial score (nSPS) is 10.9. The van der Waals surface area contributed by atoms with Gasteiger partial charge in [-0.2, -0.15) is 0 Å². The number of hydrogen-bond acceptors (Lipinski definition) is 3. The Morgan fingerprint density at radius 1 is 0.812 bits per heavy atom. The fourth-order valence-corrected chi connectivity index (χ4v) is 4.67. The van der Waals surface area contributed by atoms with Crippen molar-refractivity contribution >= 4 is 46.1 Å². The molecule has 3 heteroatoms. The predicted molar refractivity (Wildman–Crippen MR) is 79.3 cm³/mol. The highest BCUT2D eigenvalue weighted by Gasteiger charge is 2.11. The van der Waals surface area contributed by atoms with Crippen LogP contribution in [0.2, 0.25) is 0 Å². The SMILES string of the molecule is CSc1cc2ccccc2c(SC)c1SC. The third-order valence-electron chi connectivity index (χ3n) is 2.55. The first kappa shape index (κ1) is 12.2. The van der Waals surface area contributed by atoms with Gasteiger partial charge in [0.05, 0.1) is 0 Å². The minimum absolute atomic E-state index is 1.34. The third-order valence-corrected chi connectivity index (χ3v) is 5.23. The zero-order valence-electron chi connectivity index (χ0n) is 9.61. The van der Waals surface area contributed by atoms with Gasteiger partial charge < -0.3 is 0 Å². The molecule has 0 radical (unpaired) electrons. The topological polar surface area (TPSA) is 0 Å². The second-order valence-electron chi connectivity index (χ2n) is 3.37. The molecule has 0 aliphatic carbocycles. The monoisotopic (exact) mass is 266 g/mol. The van der Waals surface area contributed by atoms with Crippen molar-refractivity contribution in [3.63, 3.8) is 0 Å². The Balaban J connectivity index is 2.82. The number of benzene rings is 2. The maximum Gasteiger partial charge on any atom is 0.0348 e. The maximum atomic E-state index is 2.30. The quantitative estimate of drug-likeness (QED) is 0.717. The van der Waals surface area contributed by atoms with Gasteiger partial charge in [0.1, 0.15) is 0 Å². The highest BCUT2D eigenvalue weighted by molar-refractivity contribution is 8.03. The molecule has 0 nitrogen and oxygen atoms in total. The maximum absolute atomic E-state index is 2.30. The molecule has 0 aliphatic heterocycles. The molecule has 0 heterocycles. The van der Waals surface area contributed by atoms with Crippen LogP contribution in [0.4, 0.5) is 0 Å². The van der Waals surface area contributed by atoms with Gasteiger partial charge in [0.25, 0.3) is 0 Å². The molecule has 0 saturated heterocycles. The molecule has 0 spiro atoms. The summed E-state index contributed by atoms with van der Waals surface area (Å²) in [5, 5.41) is 2.71. The molecule has 0 N–H and O–H groups in total. The Morgan fingerprint density at radius 3 is 2.12 bits per heavy atom. The van der Waals surface area contributed by atoms with Gasteiger partial charge in [-0.15, -0.1) is 35.3 Å². The van der Waals surface area contributed by atoms with E-state index in [2.05, 4.69) is 49.1 Å². The Labute approximate surface area is 110 Å². The summed E-state index contributed by atoms with van der Waals surface area (Å²) in [5.74, 6) is 0. The molecule has 0 unspecified atom stereocenters. The summed E-state index contributed by atoms with van der Waals surface area (Å²) in [5.41, 5.74) is 0. The first-order valence-corrected chi connectivity index (χ1v) is 8.67. The minimum Gasteiger partial charge on any atom is -0.128 e. The molecule has 0 amide bonds. The molecule has 16 heavy (non-hydrogen) atoms. The second kappa shape index (κ2) is 5.39. The van der Waals surface area contributed by atoms with Crippen molar-refractivity contribution in [2.75, 3.05) is 18.8 Å². The molecule has 2 aromatic rings. The predicted octanol–water partition coefficient (Wildman–Crippen LogP) is 5.01. The fraction of sp³-hybridized carbons (Fsp3) is 0.231. The van der Waals surface area contributed by atoms with E-state index in [-0.39, 0.29) is 0 Å². The minimum atomic E-state index is 1.34. The van der Waals surface area contributed by atoms with Crippen molar-refractivity contribution < 1.29 is 0 Å². The van der Waals surface area contributed by atoms with Crippen LogP contribution < -0.4 is 0 Å². The number of hydrogen-bond donors (Lipinski definition) is 0. The number of rotatable bonds is 3. The molecular formula is C13H14S3. The van der Waals surface area contributed by atoms with Gasteiger partial charge in [-0.1, -0.05) is 24.3 Å². The van der Waals surface area contributed by atoms with Crippen molar-refractivity contribution in [3.8, 4) is 0 Å². The van der Waals surface area contributed by atoms with E-state index in [4.69, 9.17) is 0 Å². The average Bonchev–Trinajstić information content (AvgIpc) is 2.36. The molecule has 0 aliphatic rings. The Morgan fingerprint density at radius 2 is 1.50 bits per heavy atom. The summed E-state index contributed by atoms with van der Waals surface area (Å²) in [6.07, 6.45) is 6.46. The van der Waals surface area contributed by atoms with E-state index in [0.717, 1.165) is 0 Å². The Kier molecular flexibility index (Phi) is 4.11. The number of fused-ring (bicyclic) bond motifs is 1. The van der Waals surface area contributed by atoms with Gasteiger partial charge in [0.15, 0.2) is 0 Å². The van der Waals surface area contributed by atoms with Crippen LogP contribution in [0.3, 0.4) is 0 Å². The van der Waals surface area contributed by atoms with E-state index < -0.39 is 0 Å². The summed E-state index contributed by atoms with van der Waals surface area (Å²) < 4.78 is 0. The van der Waals surface area contributed by atoms with Crippen LogP contribution in [-0.4, -0.2) is 18.8 Å². The lowest BCUT2D eigenvalue weighted by Gasteiger charge is -2.13. The second-order valence-corrected chi connectivity index (χ2v) is 5.85. The summed E-state index contributed by atoms with van der Waals surface area (Å²) in [7, 11) is 0.